The van der Waals surface area contributed by atoms with Crippen molar-refractivity contribution >= 4 is 7.81 Å². The van der Waals surface area contributed by atoms with Crippen molar-refractivity contribution in [3.8, 4) is 0 Å². The SMILES string of the molecule is Cc1c[n+](C)cn1C.F[P-](F)(F)(F)(F)F. The molecule has 92 valence electrons. The average molecular weight is 256 g/mol. The van der Waals surface area contributed by atoms with Crippen molar-refractivity contribution in [2.75, 3.05) is 0 Å². The summed E-state index contributed by atoms with van der Waals surface area (Å²) in [7, 11) is -6.60. The summed E-state index contributed by atoms with van der Waals surface area (Å²) in [5, 5.41) is 0. The third kappa shape index (κ3) is 13.2. The van der Waals surface area contributed by atoms with Crippen molar-refractivity contribution in [1.29, 1.82) is 0 Å². The Hall–Kier alpha value is -0.780. The molecule has 0 saturated carbocycles. The molecule has 0 amide bonds. The van der Waals surface area contributed by atoms with E-state index in [4.69, 9.17) is 0 Å². The monoisotopic (exact) mass is 256 g/mol. The molecule has 2 nitrogen and oxygen atoms in total. The molecule has 0 bridgehead atoms. The van der Waals surface area contributed by atoms with Gasteiger partial charge in [-0.25, -0.2) is 9.13 Å². The number of aromatic nitrogens is 2. The molecule has 0 aromatic carbocycles. The predicted molar refractivity (Wildman–Crippen MR) is 44.9 cm³/mol. The van der Waals surface area contributed by atoms with Gasteiger partial charge < -0.3 is 0 Å². The summed E-state index contributed by atoms with van der Waals surface area (Å²) in [4.78, 5) is 0. The van der Waals surface area contributed by atoms with E-state index in [9.17, 15) is 25.2 Å². The van der Waals surface area contributed by atoms with E-state index < -0.39 is 7.81 Å². The van der Waals surface area contributed by atoms with E-state index in [0.717, 1.165) is 0 Å². The van der Waals surface area contributed by atoms with Gasteiger partial charge in [0.2, 0.25) is 6.33 Å². The number of nitrogens with zero attached hydrogens (tertiary/aromatic N) is 2. The van der Waals surface area contributed by atoms with Crippen molar-refractivity contribution in [2.24, 2.45) is 14.1 Å². The molecule has 1 aromatic heterocycles. The summed E-state index contributed by atoms with van der Waals surface area (Å²) in [5.41, 5.74) is 1.28. The van der Waals surface area contributed by atoms with Crippen LogP contribution >= 0.6 is 7.81 Å². The Labute approximate surface area is 82.4 Å². The minimum atomic E-state index is -10.7. The number of rotatable bonds is 0. The Morgan fingerprint density at radius 2 is 1.47 bits per heavy atom. The van der Waals surface area contributed by atoms with Crippen LogP contribution in [0, 0.1) is 6.92 Å². The van der Waals surface area contributed by atoms with E-state index in [1.807, 2.05) is 25.0 Å². The minimum absolute atomic E-state index is 1.28. The number of halogens is 6. The van der Waals surface area contributed by atoms with Crippen molar-refractivity contribution in [3.63, 3.8) is 0 Å². The Kier molecular flexibility index (Phi) is 2.94. The summed E-state index contributed by atoms with van der Waals surface area (Å²) < 4.78 is 63.3. The first-order valence-corrected chi connectivity index (χ1v) is 5.72. The summed E-state index contributed by atoms with van der Waals surface area (Å²) in [5.74, 6) is 0. The first kappa shape index (κ1) is 14.2. The predicted octanol–water partition coefficient (Wildman–Crippen LogP) is 3.54. The summed E-state index contributed by atoms with van der Waals surface area (Å²) >= 11 is 0. The van der Waals surface area contributed by atoms with Crippen LogP contribution in [0.3, 0.4) is 0 Å². The number of hydrogen-bond acceptors (Lipinski definition) is 0. The average Bonchev–Trinajstić information content (AvgIpc) is 2.01. The summed E-state index contributed by atoms with van der Waals surface area (Å²) in [6, 6.07) is 0. The molecule has 0 fully saturated rings. The summed E-state index contributed by atoms with van der Waals surface area (Å²) in [6.07, 6.45) is 4.12. The fourth-order valence-corrected chi connectivity index (χ4v) is 0.783. The third-order valence-corrected chi connectivity index (χ3v) is 1.30. The van der Waals surface area contributed by atoms with E-state index in [1.54, 1.807) is 0 Å². The molecule has 15 heavy (non-hydrogen) atoms. The zero-order valence-corrected chi connectivity index (χ0v) is 9.16. The number of imidazole rings is 1. The van der Waals surface area contributed by atoms with Crippen LogP contribution in [0.4, 0.5) is 25.2 Å². The molecule has 0 aliphatic heterocycles. The Morgan fingerprint density at radius 1 is 1.13 bits per heavy atom. The standard InChI is InChI=1S/C6H11N2.F6P/c1-6-4-7(2)5-8(6)3;1-7(2,3,4,5)6/h4-5H,1-3H3;/q+1;-1. The molecule has 1 aromatic rings. The molecule has 9 heteroatoms. The van der Waals surface area contributed by atoms with Crippen molar-refractivity contribution < 1.29 is 29.7 Å². The topological polar surface area (TPSA) is 8.81 Å². The van der Waals surface area contributed by atoms with Gasteiger partial charge in [0.1, 0.15) is 11.9 Å². The zero-order valence-electron chi connectivity index (χ0n) is 8.26. The quantitative estimate of drug-likeness (QED) is 0.381. The van der Waals surface area contributed by atoms with E-state index in [-0.39, 0.29) is 0 Å². The summed E-state index contributed by atoms with van der Waals surface area (Å²) in [6.45, 7) is 2.08. The molecule has 0 spiro atoms. The Morgan fingerprint density at radius 3 is 1.53 bits per heavy atom. The maximum atomic E-state index is 9.87. The van der Waals surface area contributed by atoms with Crippen LogP contribution in [0.15, 0.2) is 12.5 Å². The molecular formula is C6H11F6N2P. The van der Waals surface area contributed by atoms with Gasteiger partial charge in [-0.3, -0.25) is 0 Å². The molecule has 0 unspecified atom stereocenters. The van der Waals surface area contributed by atoms with Gasteiger partial charge in [0, 0.05) is 6.92 Å². The van der Waals surface area contributed by atoms with Crippen LogP contribution < -0.4 is 4.57 Å². The fraction of sp³-hybridized carbons (Fsp3) is 0.500. The van der Waals surface area contributed by atoms with Crippen LogP contribution in [0.2, 0.25) is 0 Å². The second-order valence-electron chi connectivity index (χ2n) is 3.12. The van der Waals surface area contributed by atoms with Crippen LogP contribution in [0.1, 0.15) is 5.69 Å². The molecule has 0 aliphatic rings. The van der Waals surface area contributed by atoms with Gasteiger partial charge in [-0.15, -0.1) is 0 Å². The van der Waals surface area contributed by atoms with Gasteiger partial charge in [0.25, 0.3) is 0 Å². The fourth-order valence-electron chi connectivity index (χ4n) is 0.783. The van der Waals surface area contributed by atoms with Crippen molar-refractivity contribution in [2.45, 2.75) is 6.92 Å². The van der Waals surface area contributed by atoms with Gasteiger partial charge in [0.15, 0.2) is 0 Å². The second-order valence-corrected chi connectivity index (χ2v) is 5.04. The second kappa shape index (κ2) is 3.10. The van der Waals surface area contributed by atoms with Gasteiger partial charge in [-0.2, -0.15) is 0 Å². The molecule has 0 atom stereocenters. The first-order chi connectivity index (χ1) is 6.15. The molecule has 0 radical (unpaired) electrons. The van der Waals surface area contributed by atoms with Gasteiger partial charge in [-0.05, 0) is 0 Å². The van der Waals surface area contributed by atoms with Crippen LogP contribution in [0.25, 0.3) is 0 Å². The number of aryl methyl sites for hydroxylation is 3. The maximum absolute atomic E-state index is 10.7. The molecule has 0 saturated heterocycles. The van der Waals surface area contributed by atoms with Crippen LogP contribution in [-0.4, -0.2) is 4.57 Å². The molecule has 1 heterocycles. The van der Waals surface area contributed by atoms with Gasteiger partial charge in [-0.1, -0.05) is 0 Å². The van der Waals surface area contributed by atoms with Gasteiger partial charge >= 0.3 is 33.0 Å². The molecule has 0 aliphatic carbocycles. The zero-order chi connectivity index (χ0) is 12.6. The van der Waals surface area contributed by atoms with E-state index in [1.165, 1.54) is 5.69 Å². The molecule has 1 rings (SSSR count). The Balaban J connectivity index is 0.000000265. The van der Waals surface area contributed by atoms with Gasteiger partial charge in [0.05, 0.1) is 14.1 Å². The van der Waals surface area contributed by atoms with Crippen LogP contribution in [0.5, 0.6) is 0 Å². The molecule has 0 N–H and O–H groups in total. The van der Waals surface area contributed by atoms with E-state index >= 15 is 0 Å². The van der Waals surface area contributed by atoms with Crippen LogP contribution in [-0.2, 0) is 14.1 Å². The van der Waals surface area contributed by atoms with Crippen molar-refractivity contribution in [3.05, 3.63) is 18.2 Å². The van der Waals surface area contributed by atoms with E-state index in [2.05, 4.69) is 17.7 Å². The van der Waals surface area contributed by atoms with E-state index in [0.29, 0.717) is 0 Å². The molecular weight excluding hydrogens is 245 g/mol. The Bertz CT molecular complexity index is 319. The normalized spacial score (nSPS) is 16.1. The van der Waals surface area contributed by atoms with Crippen molar-refractivity contribution in [1.82, 2.24) is 4.57 Å². The number of hydrogen-bond donors (Lipinski definition) is 0. The third-order valence-electron chi connectivity index (χ3n) is 1.30. The first-order valence-electron chi connectivity index (χ1n) is 3.70.